The molecule has 0 spiro atoms. The molecule has 0 radical (unpaired) electrons. The average molecular weight is 316 g/mol. The zero-order valence-corrected chi connectivity index (χ0v) is 13.8. The summed E-state index contributed by atoms with van der Waals surface area (Å²) in [6.07, 6.45) is 1.66. The molecule has 0 saturated carbocycles. The first-order chi connectivity index (χ1) is 11.1. The fraction of sp³-hybridized carbons (Fsp3) is 0.500. The lowest BCUT2D eigenvalue weighted by Crippen LogP contribution is -2.52. The van der Waals surface area contributed by atoms with Crippen LogP contribution < -0.4 is 0 Å². The van der Waals surface area contributed by atoms with Crippen LogP contribution in [0.5, 0.6) is 0 Å². The van der Waals surface area contributed by atoms with Crippen molar-refractivity contribution in [2.75, 3.05) is 26.9 Å². The van der Waals surface area contributed by atoms with Gasteiger partial charge in [-0.3, -0.25) is 4.90 Å². The Labute approximate surface area is 136 Å². The number of aliphatic hydroxyl groups is 1. The Kier molecular flexibility index (Phi) is 4.80. The molecule has 0 amide bonds. The number of hydrogen-bond donors (Lipinski definition) is 1. The van der Waals surface area contributed by atoms with Gasteiger partial charge in [-0.15, -0.1) is 0 Å². The summed E-state index contributed by atoms with van der Waals surface area (Å²) in [6.45, 7) is 4.20. The van der Waals surface area contributed by atoms with Crippen molar-refractivity contribution in [3.8, 4) is 11.3 Å². The minimum absolute atomic E-state index is 0.131. The largest absolute Gasteiger partial charge is 0.394 e. The van der Waals surface area contributed by atoms with Gasteiger partial charge in [0.1, 0.15) is 5.69 Å². The maximum absolute atomic E-state index is 9.86. The van der Waals surface area contributed by atoms with E-state index in [2.05, 4.69) is 29.1 Å². The van der Waals surface area contributed by atoms with Gasteiger partial charge in [-0.2, -0.15) is 0 Å². The van der Waals surface area contributed by atoms with Crippen molar-refractivity contribution in [2.24, 2.45) is 0 Å². The highest BCUT2D eigenvalue weighted by atomic mass is 16.5. The summed E-state index contributed by atoms with van der Waals surface area (Å²) in [6, 6.07) is 10.2. The molecule has 1 aliphatic heterocycles. The van der Waals surface area contributed by atoms with E-state index in [0.717, 1.165) is 29.9 Å². The van der Waals surface area contributed by atoms with Crippen molar-refractivity contribution < 1.29 is 14.4 Å². The second kappa shape index (κ2) is 6.83. The summed E-state index contributed by atoms with van der Waals surface area (Å²) in [5.74, 6) is 0.808. The van der Waals surface area contributed by atoms with E-state index >= 15 is 0 Å². The molecule has 2 aromatic rings. The molecule has 0 aliphatic carbocycles. The maximum Gasteiger partial charge on any atom is 0.151 e. The van der Waals surface area contributed by atoms with Gasteiger partial charge in [0.25, 0.3) is 0 Å². The van der Waals surface area contributed by atoms with Crippen LogP contribution in [-0.4, -0.2) is 47.6 Å². The third kappa shape index (κ3) is 3.47. The normalized spacial score (nSPS) is 17.6. The molecule has 3 rings (SSSR count). The molecule has 1 saturated heterocycles. The van der Waals surface area contributed by atoms with Crippen molar-refractivity contribution in [3.05, 3.63) is 41.7 Å². The number of hydrogen-bond acceptors (Lipinski definition) is 5. The number of likely N-dealkylation sites (N-methyl/N-ethyl adjacent to an activating group) is 1. The highest BCUT2D eigenvalue weighted by Gasteiger charge is 2.36. The first kappa shape index (κ1) is 16.2. The highest BCUT2D eigenvalue weighted by Crippen LogP contribution is 2.28. The second-order valence-corrected chi connectivity index (χ2v) is 6.40. The lowest BCUT2D eigenvalue weighted by molar-refractivity contribution is -0.0516. The zero-order valence-electron chi connectivity index (χ0n) is 13.8. The summed E-state index contributed by atoms with van der Waals surface area (Å²) in [4.78, 5) is 2.16. The van der Waals surface area contributed by atoms with Gasteiger partial charge in [-0.1, -0.05) is 35.0 Å². The number of ether oxygens (including phenoxy) is 1. The van der Waals surface area contributed by atoms with Gasteiger partial charge in [-0.25, -0.2) is 0 Å². The van der Waals surface area contributed by atoms with Crippen molar-refractivity contribution in [1.29, 1.82) is 0 Å². The summed E-state index contributed by atoms with van der Waals surface area (Å²) in [5, 5.41) is 14.0. The molecule has 5 heteroatoms. The van der Waals surface area contributed by atoms with Gasteiger partial charge >= 0.3 is 0 Å². The fourth-order valence-electron chi connectivity index (χ4n) is 3.06. The second-order valence-electron chi connectivity index (χ2n) is 6.40. The lowest BCUT2D eigenvalue weighted by atomic mass is 9.89. The summed E-state index contributed by atoms with van der Waals surface area (Å²) in [5.41, 5.74) is 2.89. The molecule has 1 aliphatic rings. The molecular formula is C18H24N2O3. The summed E-state index contributed by atoms with van der Waals surface area (Å²) < 4.78 is 10.9. The van der Waals surface area contributed by atoms with Gasteiger partial charge < -0.3 is 14.4 Å². The van der Waals surface area contributed by atoms with E-state index in [9.17, 15) is 5.11 Å². The number of aromatic nitrogens is 1. The minimum Gasteiger partial charge on any atom is -0.394 e. The monoisotopic (exact) mass is 316 g/mol. The molecule has 0 bridgehead atoms. The molecule has 1 N–H and O–H groups in total. The van der Waals surface area contributed by atoms with Crippen molar-refractivity contribution in [2.45, 2.75) is 31.8 Å². The maximum atomic E-state index is 9.86. The number of nitrogens with zero attached hydrogens (tertiary/aromatic N) is 2. The van der Waals surface area contributed by atoms with Crippen LogP contribution in [0.15, 0.2) is 34.9 Å². The standard InChI is InChI=1S/C18H24N2O3/c1-14-3-5-15(6-4-14)17-11-16(23-19-17)12-20(2)18(13-21)7-9-22-10-8-18/h3-6,11,21H,7-10,12-13H2,1-2H3. The number of aryl methyl sites for hydroxylation is 1. The number of benzene rings is 1. The molecule has 0 unspecified atom stereocenters. The molecule has 124 valence electrons. The Balaban J connectivity index is 1.72. The Hall–Kier alpha value is -1.69. The van der Waals surface area contributed by atoms with Gasteiger partial charge in [0.15, 0.2) is 5.76 Å². The van der Waals surface area contributed by atoms with E-state index < -0.39 is 0 Å². The number of aliphatic hydroxyl groups excluding tert-OH is 1. The van der Waals surface area contributed by atoms with E-state index in [-0.39, 0.29) is 12.1 Å². The summed E-state index contributed by atoms with van der Waals surface area (Å²) in [7, 11) is 2.02. The van der Waals surface area contributed by atoms with Crippen LogP contribution in [0.25, 0.3) is 11.3 Å². The van der Waals surface area contributed by atoms with Gasteiger partial charge in [0, 0.05) is 30.4 Å². The molecular weight excluding hydrogens is 292 g/mol. The summed E-state index contributed by atoms with van der Waals surface area (Å²) >= 11 is 0. The van der Waals surface area contributed by atoms with Crippen LogP contribution in [0.4, 0.5) is 0 Å². The SMILES string of the molecule is Cc1ccc(-c2cc(CN(C)C3(CO)CCOCC3)on2)cc1. The van der Waals surface area contributed by atoms with Gasteiger partial charge in [0.05, 0.1) is 13.2 Å². The van der Waals surface area contributed by atoms with Crippen molar-refractivity contribution in [3.63, 3.8) is 0 Å². The third-order valence-electron chi connectivity index (χ3n) is 4.83. The quantitative estimate of drug-likeness (QED) is 0.919. The van der Waals surface area contributed by atoms with Crippen LogP contribution in [0.2, 0.25) is 0 Å². The van der Waals surface area contributed by atoms with E-state index in [1.165, 1.54) is 5.56 Å². The Morgan fingerprint density at radius 1 is 1.22 bits per heavy atom. The predicted octanol–water partition coefficient (Wildman–Crippen LogP) is 2.62. The van der Waals surface area contributed by atoms with E-state index in [1.54, 1.807) is 0 Å². The zero-order chi connectivity index (χ0) is 16.3. The molecule has 1 aromatic carbocycles. The topological polar surface area (TPSA) is 58.7 Å². The lowest BCUT2D eigenvalue weighted by Gasteiger charge is -2.42. The van der Waals surface area contributed by atoms with Crippen LogP contribution >= 0.6 is 0 Å². The molecule has 2 heterocycles. The number of rotatable bonds is 5. The van der Waals surface area contributed by atoms with Crippen molar-refractivity contribution in [1.82, 2.24) is 10.1 Å². The van der Waals surface area contributed by atoms with Crippen LogP contribution in [-0.2, 0) is 11.3 Å². The molecule has 1 aromatic heterocycles. The molecule has 1 fully saturated rings. The minimum atomic E-state index is -0.227. The molecule has 0 atom stereocenters. The molecule has 23 heavy (non-hydrogen) atoms. The Bertz CT molecular complexity index is 630. The smallest absolute Gasteiger partial charge is 0.151 e. The first-order valence-electron chi connectivity index (χ1n) is 8.05. The first-order valence-corrected chi connectivity index (χ1v) is 8.05. The Morgan fingerprint density at radius 2 is 1.91 bits per heavy atom. The van der Waals surface area contributed by atoms with Gasteiger partial charge in [-0.05, 0) is 26.8 Å². The predicted molar refractivity (Wildman–Crippen MR) is 88.0 cm³/mol. The average Bonchev–Trinajstić information content (AvgIpc) is 3.04. The van der Waals surface area contributed by atoms with Crippen molar-refractivity contribution >= 4 is 0 Å². The van der Waals surface area contributed by atoms with E-state index in [4.69, 9.17) is 9.26 Å². The van der Waals surface area contributed by atoms with E-state index in [0.29, 0.717) is 19.8 Å². The van der Waals surface area contributed by atoms with Crippen LogP contribution in [0, 0.1) is 6.92 Å². The third-order valence-corrected chi connectivity index (χ3v) is 4.83. The fourth-order valence-corrected chi connectivity index (χ4v) is 3.06. The Morgan fingerprint density at radius 3 is 2.57 bits per heavy atom. The highest BCUT2D eigenvalue weighted by molar-refractivity contribution is 5.59. The van der Waals surface area contributed by atoms with Gasteiger partial charge in [0.2, 0.25) is 0 Å². The van der Waals surface area contributed by atoms with Crippen LogP contribution in [0.1, 0.15) is 24.2 Å². The van der Waals surface area contributed by atoms with E-state index in [1.807, 2.05) is 25.2 Å². The van der Waals surface area contributed by atoms with Crippen LogP contribution in [0.3, 0.4) is 0 Å². The molecule has 5 nitrogen and oxygen atoms in total.